The second kappa shape index (κ2) is 7.43. The zero-order chi connectivity index (χ0) is 19.7. The van der Waals surface area contributed by atoms with E-state index in [1.165, 1.54) is 0 Å². The second-order valence-corrected chi connectivity index (χ2v) is 9.05. The second-order valence-electron chi connectivity index (χ2n) is 5.93. The van der Waals surface area contributed by atoms with Gasteiger partial charge in [0.25, 0.3) is 0 Å². The third kappa shape index (κ3) is 4.75. The lowest BCUT2D eigenvalue weighted by Gasteiger charge is -2.11. The van der Waals surface area contributed by atoms with E-state index in [1.807, 2.05) is 4.90 Å². The van der Waals surface area contributed by atoms with Crippen LogP contribution in [-0.2, 0) is 20.8 Å². The van der Waals surface area contributed by atoms with Crippen LogP contribution < -0.4 is 10.2 Å². The zero-order valence-corrected chi connectivity index (χ0v) is 15.5. The summed E-state index contributed by atoms with van der Waals surface area (Å²) in [5.41, 5.74) is -0.797. The van der Waals surface area contributed by atoms with Crippen molar-refractivity contribution in [2.45, 2.75) is 23.4 Å². The van der Waals surface area contributed by atoms with Gasteiger partial charge < -0.3 is 10.2 Å². The largest absolute Gasteiger partial charge is 0.416 e. The third-order valence-corrected chi connectivity index (χ3v) is 6.90. The molecule has 1 aliphatic rings. The molecule has 0 radical (unpaired) electrons. The highest BCUT2D eigenvalue weighted by atomic mass is 32.2. The van der Waals surface area contributed by atoms with E-state index in [0.29, 0.717) is 5.13 Å². The number of carbonyl (C=O) groups is 1. The molecule has 1 aromatic carbocycles. The van der Waals surface area contributed by atoms with Crippen LogP contribution in [0.15, 0.2) is 28.6 Å². The smallest absolute Gasteiger partial charge is 0.347 e. The number of aromatic nitrogens is 2. The summed E-state index contributed by atoms with van der Waals surface area (Å²) in [5, 5.41) is 10.3. The first-order chi connectivity index (χ1) is 12.6. The van der Waals surface area contributed by atoms with Crippen molar-refractivity contribution in [3.63, 3.8) is 0 Å². The number of hydrogen-bond donors (Lipinski definition) is 1. The highest BCUT2D eigenvalue weighted by Crippen LogP contribution is 2.30. The molecule has 1 N–H and O–H groups in total. The Kier molecular flexibility index (Phi) is 5.38. The maximum absolute atomic E-state index is 12.5. The molecule has 7 nitrogen and oxygen atoms in total. The first-order valence-corrected chi connectivity index (χ1v) is 10.4. The highest BCUT2D eigenvalue weighted by Gasteiger charge is 2.30. The molecule has 1 saturated heterocycles. The number of nitrogens with one attached hydrogen (secondary N) is 1. The summed E-state index contributed by atoms with van der Waals surface area (Å²) < 4.78 is 62.0. The summed E-state index contributed by atoms with van der Waals surface area (Å²) in [4.78, 5) is 13.9. The van der Waals surface area contributed by atoms with Crippen molar-refractivity contribution in [2.75, 3.05) is 29.1 Å². The van der Waals surface area contributed by atoms with E-state index in [1.54, 1.807) is 0 Å². The molecule has 2 heterocycles. The van der Waals surface area contributed by atoms with Gasteiger partial charge in [0, 0.05) is 18.8 Å². The molecule has 0 spiro atoms. The molecule has 1 aliphatic heterocycles. The topological polar surface area (TPSA) is 92.3 Å². The summed E-state index contributed by atoms with van der Waals surface area (Å²) in [6.45, 7) is 1.56. The first-order valence-electron chi connectivity index (χ1n) is 7.93. The summed E-state index contributed by atoms with van der Waals surface area (Å²) >= 11 is 0.901. The van der Waals surface area contributed by atoms with Gasteiger partial charge in [0.15, 0.2) is 0 Å². The molecule has 27 heavy (non-hydrogen) atoms. The number of halogens is 3. The Morgan fingerprint density at radius 1 is 1.15 bits per heavy atom. The Bertz CT molecular complexity index is 921. The molecule has 0 atom stereocenters. The molecule has 0 unspecified atom stereocenters. The number of amides is 1. The molecule has 0 bridgehead atoms. The molecule has 3 rings (SSSR count). The van der Waals surface area contributed by atoms with Crippen LogP contribution in [0.3, 0.4) is 0 Å². The van der Waals surface area contributed by atoms with Crippen molar-refractivity contribution in [1.29, 1.82) is 0 Å². The van der Waals surface area contributed by atoms with Crippen LogP contribution in [0.1, 0.15) is 18.4 Å². The number of carbonyl (C=O) groups excluding carboxylic acids is 1. The third-order valence-electron chi connectivity index (χ3n) is 3.86. The number of hydrogen-bond acceptors (Lipinski definition) is 7. The molecule has 0 aliphatic carbocycles. The molecule has 0 saturated carbocycles. The van der Waals surface area contributed by atoms with Gasteiger partial charge in [-0.1, -0.05) is 11.3 Å². The van der Waals surface area contributed by atoms with Gasteiger partial charge in [-0.15, -0.1) is 10.2 Å². The monoisotopic (exact) mass is 420 g/mol. The van der Waals surface area contributed by atoms with E-state index < -0.39 is 33.2 Å². The Morgan fingerprint density at radius 3 is 2.37 bits per heavy atom. The van der Waals surface area contributed by atoms with Gasteiger partial charge >= 0.3 is 6.18 Å². The fraction of sp³-hybridized carbons (Fsp3) is 0.400. The Hall–Kier alpha value is -2.21. The lowest BCUT2D eigenvalue weighted by molar-refractivity contribution is -0.137. The summed E-state index contributed by atoms with van der Waals surface area (Å²) in [6.07, 6.45) is -2.49. The highest BCUT2D eigenvalue weighted by molar-refractivity contribution is 7.94. The van der Waals surface area contributed by atoms with Crippen molar-refractivity contribution in [3.8, 4) is 0 Å². The number of sulfone groups is 1. The van der Waals surface area contributed by atoms with E-state index in [9.17, 15) is 26.4 Å². The maximum Gasteiger partial charge on any atom is 0.416 e. The minimum atomic E-state index is -4.49. The van der Waals surface area contributed by atoms with Crippen LogP contribution in [0.2, 0.25) is 0 Å². The number of alkyl halides is 3. The van der Waals surface area contributed by atoms with Gasteiger partial charge in [0.2, 0.25) is 25.2 Å². The summed E-state index contributed by atoms with van der Waals surface area (Å²) in [5.74, 6) is -1.74. The molecule has 1 aromatic heterocycles. The number of rotatable bonds is 5. The number of anilines is 2. The fourth-order valence-corrected chi connectivity index (χ4v) is 4.78. The number of nitrogens with zero attached hydrogens (tertiary/aromatic N) is 3. The van der Waals surface area contributed by atoms with E-state index in [4.69, 9.17) is 0 Å². The average molecular weight is 420 g/mol. The maximum atomic E-state index is 12.5. The number of benzene rings is 1. The van der Waals surface area contributed by atoms with Crippen LogP contribution in [0, 0.1) is 0 Å². The Labute approximate surface area is 157 Å². The van der Waals surface area contributed by atoms with E-state index in [2.05, 4.69) is 15.5 Å². The van der Waals surface area contributed by atoms with Crippen molar-refractivity contribution in [1.82, 2.24) is 10.2 Å². The van der Waals surface area contributed by atoms with Crippen molar-refractivity contribution < 1.29 is 26.4 Å². The van der Waals surface area contributed by atoms with Gasteiger partial charge in [-0.05, 0) is 37.1 Å². The van der Waals surface area contributed by atoms with Crippen molar-refractivity contribution in [2.24, 2.45) is 0 Å². The van der Waals surface area contributed by atoms with E-state index in [0.717, 1.165) is 61.5 Å². The molecule has 12 heteroatoms. The van der Waals surface area contributed by atoms with Gasteiger partial charge in [0.05, 0.1) is 5.56 Å². The minimum absolute atomic E-state index is 0.0678. The van der Waals surface area contributed by atoms with Crippen molar-refractivity contribution in [3.05, 3.63) is 29.8 Å². The molecular weight excluding hydrogens is 405 g/mol. The minimum Gasteiger partial charge on any atom is -0.347 e. The predicted octanol–water partition coefficient (Wildman–Crippen LogP) is 2.57. The molecule has 1 fully saturated rings. The lowest BCUT2D eigenvalue weighted by Crippen LogP contribution is -2.23. The van der Waals surface area contributed by atoms with Crippen LogP contribution >= 0.6 is 11.3 Å². The average Bonchev–Trinajstić information content (AvgIpc) is 3.25. The Morgan fingerprint density at radius 2 is 1.78 bits per heavy atom. The molecule has 146 valence electrons. The van der Waals surface area contributed by atoms with E-state index in [-0.39, 0.29) is 10.0 Å². The van der Waals surface area contributed by atoms with E-state index >= 15 is 0 Å². The van der Waals surface area contributed by atoms with Crippen LogP contribution in [0.5, 0.6) is 0 Å². The normalized spacial score (nSPS) is 15.1. The lowest BCUT2D eigenvalue weighted by atomic mass is 10.2. The Balaban J connectivity index is 1.64. The molecular formula is C15H15F3N4O3S2. The fourth-order valence-electron chi connectivity index (χ4n) is 2.54. The van der Waals surface area contributed by atoms with Crippen LogP contribution in [0.4, 0.5) is 24.0 Å². The summed E-state index contributed by atoms with van der Waals surface area (Å²) in [7, 11) is -3.99. The van der Waals surface area contributed by atoms with Gasteiger partial charge in [0.1, 0.15) is 5.75 Å². The SMILES string of the molecule is O=C(CS(=O)(=O)c1nnc(N2CCCC2)s1)Nc1ccc(C(F)(F)F)cc1. The first kappa shape index (κ1) is 19.5. The quantitative estimate of drug-likeness (QED) is 0.799. The van der Waals surface area contributed by atoms with Crippen LogP contribution in [-0.4, -0.2) is 43.4 Å². The standard InChI is InChI=1S/C15H15F3N4O3S2/c16-15(17,18)10-3-5-11(6-4-10)19-12(23)9-27(24,25)14-21-20-13(26-14)22-7-1-2-8-22/h3-6H,1-2,7-9H2,(H,19,23). The van der Waals surface area contributed by atoms with Crippen molar-refractivity contribution >= 4 is 37.9 Å². The van der Waals surface area contributed by atoms with Gasteiger partial charge in [-0.2, -0.15) is 13.2 Å². The van der Waals surface area contributed by atoms with Gasteiger partial charge in [-0.3, -0.25) is 4.79 Å². The van der Waals surface area contributed by atoms with Gasteiger partial charge in [-0.25, -0.2) is 8.42 Å². The predicted molar refractivity (Wildman–Crippen MR) is 93.5 cm³/mol. The summed E-state index contributed by atoms with van der Waals surface area (Å²) in [6, 6.07) is 3.72. The van der Waals surface area contributed by atoms with Crippen LogP contribution in [0.25, 0.3) is 0 Å². The zero-order valence-electron chi connectivity index (χ0n) is 13.9. The molecule has 1 amide bonds. The molecule has 2 aromatic rings.